The maximum absolute atomic E-state index is 12.6. The average molecular weight is 579 g/mol. The van der Waals surface area contributed by atoms with Gasteiger partial charge in [-0.25, -0.2) is 4.57 Å². The molecule has 0 aliphatic heterocycles. The SMILES string of the molecule is CCCCCCCCCCCCCC(O)C(COP(=O)(O)OCCN)NC(=O)CCCCCCCCCCC. The first-order valence-corrected chi connectivity index (χ1v) is 17.6. The number of aliphatic hydroxyl groups excluding tert-OH is 1. The summed E-state index contributed by atoms with van der Waals surface area (Å²) in [6, 6.07) is -0.763. The highest BCUT2D eigenvalue weighted by Gasteiger charge is 2.27. The summed E-state index contributed by atoms with van der Waals surface area (Å²) >= 11 is 0. The summed E-state index contributed by atoms with van der Waals surface area (Å²) < 4.78 is 21.9. The molecule has 234 valence electrons. The number of hydrogen-bond donors (Lipinski definition) is 4. The Morgan fingerprint density at radius 1 is 0.744 bits per heavy atom. The van der Waals surface area contributed by atoms with Crippen molar-refractivity contribution in [1.82, 2.24) is 5.32 Å². The maximum Gasteiger partial charge on any atom is 0.472 e. The van der Waals surface area contributed by atoms with Gasteiger partial charge in [0.05, 0.1) is 25.4 Å². The van der Waals surface area contributed by atoms with Gasteiger partial charge in [0.15, 0.2) is 0 Å². The van der Waals surface area contributed by atoms with Gasteiger partial charge in [-0.3, -0.25) is 13.8 Å². The summed E-state index contributed by atoms with van der Waals surface area (Å²) in [4.78, 5) is 22.4. The van der Waals surface area contributed by atoms with Crippen LogP contribution in [0.4, 0.5) is 0 Å². The van der Waals surface area contributed by atoms with E-state index in [0.717, 1.165) is 38.5 Å². The van der Waals surface area contributed by atoms with Crippen molar-refractivity contribution < 1.29 is 28.4 Å². The second-order valence-corrected chi connectivity index (χ2v) is 12.5. The molecule has 0 aliphatic carbocycles. The van der Waals surface area contributed by atoms with Gasteiger partial charge in [0.1, 0.15) is 0 Å². The van der Waals surface area contributed by atoms with E-state index in [9.17, 15) is 19.4 Å². The van der Waals surface area contributed by atoms with Gasteiger partial charge in [0, 0.05) is 13.0 Å². The molecule has 0 bridgehead atoms. The fourth-order valence-corrected chi connectivity index (χ4v) is 5.48. The van der Waals surface area contributed by atoms with Crippen LogP contribution in [0.3, 0.4) is 0 Å². The fourth-order valence-electron chi connectivity index (χ4n) is 4.72. The maximum atomic E-state index is 12.6. The predicted octanol–water partition coefficient (Wildman–Crippen LogP) is 7.55. The Hall–Kier alpha value is -0.500. The molecule has 5 N–H and O–H groups in total. The number of hydrogen-bond acceptors (Lipinski definition) is 6. The molecule has 0 saturated heterocycles. The van der Waals surface area contributed by atoms with Crippen molar-refractivity contribution >= 4 is 13.7 Å². The normalized spacial score (nSPS) is 14.7. The highest BCUT2D eigenvalue weighted by molar-refractivity contribution is 7.47. The van der Waals surface area contributed by atoms with E-state index in [4.69, 9.17) is 14.8 Å². The Kier molecular flexibility index (Phi) is 27.3. The van der Waals surface area contributed by atoms with Gasteiger partial charge in [0.2, 0.25) is 5.91 Å². The van der Waals surface area contributed by atoms with Crippen LogP contribution in [0.25, 0.3) is 0 Å². The Balaban J connectivity index is 4.35. The van der Waals surface area contributed by atoms with E-state index in [1.807, 2.05) is 0 Å². The summed E-state index contributed by atoms with van der Waals surface area (Å²) in [6.45, 7) is 4.15. The van der Waals surface area contributed by atoms with Crippen LogP contribution in [0.1, 0.15) is 155 Å². The topological polar surface area (TPSA) is 131 Å². The van der Waals surface area contributed by atoms with Crippen LogP contribution in [0.15, 0.2) is 0 Å². The van der Waals surface area contributed by atoms with E-state index in [-0.39, 0.29) is 25.7 Å². The van der Waals surface area contributed by atoms with Crippen molar-refractivity contribution in [3.63, 3.8) is 0 Å². The third kappa shape index (κ3) is 26.2. The van der Waals surface area contributed by atoms with E-state index in [1.165, 1.54) is 89.9 Å². The van der Waals surface area contributed by atoms with Crippen LogP contribution in [-0.2, 0) is 18.4 Å². The number of nitrogens with one attached hydrogen (secondary N) is 1. The lowest BCUT2D eigenvalue weighted by Gasteiger charge is -2.25. The largest absolute Gasteiger partial charge is 0.472 e. The van der Waals surface area contributed by atoms with Crippen molar-refractivity contribution in [3.05, 3.63) is 0 Å². The number of phosphoric ester groups is 1. The van der Waals surface area contributed by atoms with Crippen LogP contribution in [0.5, 0.6) is 0 Å². The molecule has 0 fully saturated rings. The van der Waals surface area contributed by atoms with Crippen LogP contribution >= 0.6 is 7.82 Å². The van der Waals surface area contributed by atoms with Gasteiger partial charge in [-0.1, -0.05) is 136 Å². The van der Waals surface area contributed by atoms with E-state index >= 15 is 0 Å². The molecule has 0 heterocycles. The number of unbranched alkanes of at least 4 members (excludes halogenated alkanes) is 18. The number of amides is 1. The number of carbonyl (C=O) groups excluding carboxylic acids is 1. The lowest BCUT2D eigenvalue weighted by Crippen LogP contribution is -2.46. The first kappa shape index (κ1) is 38.5. The predicted molar refractivity (Wildman–Crippen MR) is 162 cm³/mol. The van der Waals surface area contributed by atoms with Gasteiger partial charge in [0.25, 0.3) is 0 Å². The molecule has 0 aromatic rings. The van der Waals surface area contributed by atoms with Crippen molar-refractivity contribution in [3.8, 4) is 0 Å². The molecule has 39 heavy (non-hydrogen) atoms. The average Bonchev–Trinajstić information content (AvgIpc) is 2.91. The highest BCUT2D eigenvalue weighted by Crippen LogP contribution is 2.43. The lowest BCUT2D eigenvalue weighted by atomic mass is 10.0. The van der Waals surface area contributed by atoms with Crippen LogP contribution in [-0.4, -0.2) is 47.8 Å². The molecular formula is C30H63N2O6P. The van der Waals surface area contributed by atoms with Crippen LogP contribution < -0.4 is 11.1 Å². The lowest BCUT2D eigenvalue weighted by molar-refractivity contribution is -0.123. The number of aliphatic hydroxyl groups is 1. The van der Waals surface area contributed by atoms with Crippen molar-refractivity contribution in [2.24, 2.45) is 5.73 Å². The summed E-state index contributed by atoms with van der Waals surface area (Å²) in [5.74, 6) is -0.166. The zero-order chi connectivity index (χ0) is 29.0. The minimum atomic E-state index is -4.29. The fraction of sp³-hybridized carbons (Fsp3) is 0.967. The molecule has 0 saturated carbocycles. The number of carbonyl (C=O) groups is 1. The van der Waals surface area contributed by atoms with E-state index in [2.05, 4.69) is 19.2 Å². The number of rotatable bonds is 30. The zero-order valence-electron chi connectivity index (χ0n) is 25.4. The molecule has 3 atom stereocenters. The molecule has 0 rings (SSSR count). The van der Waals surface area contributed by atoms with E-state index in [1.54, 1.807) is 0 Å². The third-order valence-corrected chi connectivity index (χ3v) is 8.20. The molecule has 0 aromatic carbocycles. The molecule has 3 unspecified atom stereocenters. The van der Waals surface area contributed by atoms with Gasteiger partial charge >= 0.3 is 7.82 Å². The highest BCUT2D eigenvalue weighted by atomic mass is 31.2. The number of phosphoric acid groups is 1. The Labute approximate surface area is 240 Å². The second-order valence-electron chi connectivity index (χ2n) is 11.0. The monoisotopic (exact) mass is 578 g/mol. The summed E-state index contributed by atoms with van der Waals surface area (Å²) in [5, 5.41) is 13.6. The second kappa shape index (κ2) is 27.7. The molecule has 0 aromatic heterocycles. The van der Waals surface area contributed by atoms with Crippen molar-refractivity contribution in [2.45, 2.75) is 167 Å². The Bertz CT molecular complexity index is 596. The first-order chi connectivity index (χ1) is 18.9. The van der Waals surface area contributed by atoms with Crippen molar-refractivity contribution in [1.29, 1.82) is 0 Å². The molecule has 0 radical (unpaired) electrons. The third-order valence-electron chi connectivity index (χ3n) is 7.21. The Morgan fingerprint density at radius 3 is 1.64 bits per heavy atom. The van der Waals surface area contributed by atoms with Crippen LogP contribution in [0, 0.1) is 0 Å². The van der Waals surface area contributed by atoms with E-state index in [0.29, 0.717) is 12.8 Å². The zero-order valence-corrected chi connectivity index (χ0v) is 26.3. The minimum absolute atomic E-state index is 0.0916. The molecule has 9 heteroatoms. The molecule has 1 amide bonds. The number of nitrogens with two attached hydrogens (primary N) is 1. The summed E-state index contributed by atoms with van der Waals surface area (Å²) in [6.07, 6.45) is 23.9. The van der Waals surface area contributed by atoms with Gasteiger partial charge in [-0.15, -0.1) is 0 Å². The van der Waals surface area contributed by atoms with E-state index < -0.39 is 20.0 Å². The molecule has 8 nitrogen and oxygen atoms in total. The van der Waals surface area contributed by atoms with Gasteiger partial charge in [-0.05, 0) is 12.8 Å². The Morgan fingerprint density at radius 2 is 1.18 bits per heavy atom. The minimum Gasteiger partial charge on any atom is -0.391 e. The van der Waals surface area contributed by atoms with Gasteiger partial charge < -0.3 is 21.1 Å². The standard InChI is InChI=1S/C30H63N2O6P/c1-3-5-7-9-11-13-14-16-17-19-21-23-29(33)28(27-38-39(35,36)37-26-25-31)32-30(34)24-22-20-18-15-12-10-8-6-4-2/h28-29,33H,3-27,31H2,1-2H3,(H,32,34)(H,35,36). The smallest absolute Gasteiger partial charge is 0.391 e. The van der Waals surface area contributed by atoms with Crippen molar-refractivity contribution in [2.75, 3.05) is 19.8 Å². The molecule has 0 spiro atoms. The first-order valence-electron chi connectivity index (χ1n) is 16.2. The quantitative estimate of drug-likeness (QED) is 0.0511. The summed E-state index contributed by atoms with van der Waals surface area (Å²) in [7, 11) is -4.29. The molecule has 0 aliphatic rings. The molecular weight excluding hydrogens is 515 g/mol. The summed E-state index contributed by atoms with van der Waals surface area (Å²) in [5.41, 5.74) is 5.33. The van der Waals surface area contributed by atoms with Gasteiger partial charge in [-0.2, -0.15) is 0 Å². The van der Waals surface area contributed by atoms with Crippen LogP contribution in [0.2, 0.25) is 0 Å².